The molecule has 0 aromatic heterocycles. The van der Waals surface area contributed by atoms with Gasteiger partial charge in [0.2, 0.25) is 0 Å². The molecule has 0 N–H and O–H groups in total. The van der Waals surface area contributed by atoms with Gasteiger partial charge in [0.1, 0.15) is 0 Å². The Morgan fingerprint density at radius 3 is 2.00 bits per heavy atom. The summed E-state index contributed by atoms with van der Waals surface area (Å²) in [5.74, 6) is 0.320. The van der Waals surface area contributed by atoms with Crippen LogP contribution in [0.5, 0.6) is 0 Å². The molecule has 1 rings (SSSR count). The Balaban J connectivity index is 3.00. The minimum absolute atomic E-state index is 0.320. The lowest BCUT2D eigenvalue weighted by molar-refractivity contribution is 0.0978. The largest absolute Gasteiger partial charge is 0.294 e. The molecule has 1 nitrogen and oxygen atoms in total. The fourth-order valence-corrected chi connectivity index (χ4v) is 2.30. The van der Waals surface area contributed by atoms with Crippen molar-refractivity contribution in [2.24, 2.45) is 0 Å². The third kappa shape index (κ3) is 3.18. The van der Waals surface area contributed by atoms with Crippen molar-refractivity contribution in [2.45, 2.75) is 60.3 Å². The van der Waals surface area contributed by atoms with E-state index in [2.05, 4.69) is 40.7 Å². The molecule has 0 radical (unpaired) electrons. The summed E-state index contributed by atoms with van der Waals surface area (Å²) < 4.78 is 0. The van der Waals surface area contributed by atoms with Crippen LogP contribution in [-0.4, -0.2) is 5.78 Å². The fourth-order valence-electron chi connectivity index (χ4n) is 2.30. The lowest BCUT2D eigenvalue weighted by Crippen LogP contribution is -2.07. The maximum Gasteiger partial charge on any atom is 0.163 e. The van der Waals surface area contributed by atoms with Crippen LogP contribution in [0.3, 0.4) is 0 Å². The molecule has 94 valence electrons. The third-order valence-electron chi connectivity index (χ3n) is 3.65. The Kier molecular flexibility index (Phi) is 4.92. The lowest BCUT2D eigenvalue weighted by atomic mass is 9.90. The molecule has 0 saturated carbocycles. The number of Topliss-reactive ketones (excluding diaryl/α,β-unsaturated/α-hetero) is 1. The average Bonchev–Trinajstić information content (AvgIpc) is 2.27. The molecule has 0 aliphatic heterocycles. The number of hydrogen-bond donors (Lipinski definition) is 0. The van der Waals surface area contributed by atoms with Crippen molar-refractivity contribution in [1.82, 2.24) is 0 Å². The van der Waals surface area contributed by atoms with Crippen molar-refractivity contribution >= 4 is 5.78 Å². The van der Waals surface area contributed by atoms with Crippen LogP contribution in [-0.2, 0) is 0 Å². The second kappa shape index (κ2) is 6.00. The molecule has 0 heterocycles. The van der Waals surface area contributed by atoms with Gasteiger partial charge in [-0.3, -0.25) is 4.79 Å². The summed E-state index contributed by atoms with van der Waals surface area (Å²) in [6.07, 6.45) is 4.02. The lowest BCUT2D eigenvalue weighted by Gasteiger charge is -2.14. The Labute approximate surface area is 105 Å². The van der Waals surface area contributed by atoms with Crippen molar-refractivity contribution < 1.29 is 4.79 Å². The molecule has 0 bridgehead atoms. The van der Waals surface area contributed by atoms with Gasteiger partial charge in [-0.2, -0.15) is 0 Å². The highest BCUT2D eigenvalue weighted by molar-refractivity contribution is 5.99. The molecular weight excluding hydrogens is 208 g/mol. The zero-order valence-corrected chi connectivity index (χ0v) is 11.8. The first-order chi connectivity index (χ1) is 7.99. The number of benzene rings is 1. The summed E-state index contributed by atoms with van der Waals surface area (Å²) in [4.78, 5) is 12.3. The number of hydrogen-bond acceptors (Lipinski definition) is 1. The average molecular weight is 232 g/mol. The van der Waals surface area contributed by atoms with Gasteiger partial charge in [-0.25, -0.2) is 0 Å². The van der Waals surface area contributed by atoms with E-state index in [1.807, 2.05) is 0 Å². The van der Waals surface area contributed by atoms with Crippen molar-refractivity contribution in [3.05, 3.63) is 33.9 Å². The quantitative estimate of drug-likeness (QED) is 0.532. The van der Waals surface area contributed by atoms with E-state index in [0.29, 0.717) is 12.2 Å². The molecular formula is C16H24O. The van der Waals surface area contributed by atoms with Crippen LogP contribution in [0.1, 0.15) is 65.2 Å². The fraction of sp³-hybridized carbons (Fsp3) is 0.562. The highest BCUT2D eigenvalue weighted by atomic mass is 16.1. The van der Waals surface area contributed by atoms with Gasteiger partial charge in [-0.05, 0) is 56.4 Å². The second-order valence-electron chi connectivity index (χ2n) is 5.02. The molecule has 0 spiro atoms. The summed E-state index contributed by atoms with van der Waals surface area (Å²) in [5, 5.41) is 0. The predicted molar refractivity (Wildman–Crippen MR) is 73.9 cm³/mol. The molecule has 0 amide bonds. The topological polar surface area (TPSA) is 17.1 Å². The minimum Gasteiger partial charge on any atom is -0.294 e. The van der Waals surface area contributed by atoms with E-state index < -0.39 is 0 Å². The summed E-state index contributed by atoms with van der Waals surface area (Å²) >= 11 is 0. The van der Waals surface area contributed by atoms with E-state index in [9.17, 15) is 4.79 Å². The van der Waals surface area contributed by atoms with E-state index in [0.717, 1.165) is 36.0 Å². The van der Waals surface area contributed by atoms with Crippen LogP contribution in [0.4, 0.5) is 0 Å². The van der Waals surface area contributed by atoms with Gasteiger partial charge in [-0.1, -0.05) is 25.8 Å². The highest BCUT2D eigenvalue weighted by Crippen LogP contribution is 2.23. The number of carbonyl (C=O) groups is 1. The highest BCUT2D eigenvalue weighted by Gasteiger charge is 2.14. The molecule has 0 atom stereocenters. The molecule has 0 aliphatic rings. The third-order valence-corrected chi connectivity index (χ3v) is 3.65. The van der Waals surface area contributed by atoms with Gasteiger partial charge >= 0.3 is 0 Å². The van der Waals surface area contributed by atoms with Crippen molar-refractivity contribution in [2.75, 3.05) is 0 Å². The molecule has 0 saturated heterocycles. The van der Waals surface area contributed by atoms with Crippen molar-refractivity contribution in [3.63, 3.8) is 0 Å². The Morgan fingerprint density at radius 2 is 1.53 bits per heavy atom. The molecule has 0 unspecified atom stereocenters. The number of ketones is 1. The van der Waals surface area contributed by atoms with Gasteiger partial charge in [-0.15, -0.1) is 0 Å². The SMILES string of the molecule is CCCCCC(=O)c1c(C)c(C)cc(C)c1C. The van der Waals surface area contributed by atoms with Crippen LogP contribution in [0.25, 0.3) is 0 Å². The Morgan fingerprint density at radius 1 is 1.00 bits per heavy atom. The van der Waals surface area contributed by atoms with E-state index in [-0.39, 0.29) is 0 Å². The van der Waals surface area contributed by atoms with Crippen LogP contribution in [0.15, 0.2) is 6.07 Å². The zero-order chi connectivity index (χ0) is 13.0. The first-order valence-corrected chi connectivity index (χ1v) is 6.59. The Hall–Kier alpha value is -1.11. The maximum atomic E-state index is 12.3. The number of aryl methyl sites for hydroxylation is 2. The number of carbonyl (C=O) groups excluding carboxylic acids is 1. The van der Waals surface area contributed by atoms with Gasteiger partial charge < -0.3 is 0 Å². The maximum absolute atomic E-state index is 12.3. The molecule has 1 aromatic carbocycles. The van der Waals surface area contributed by atoms with Gasteiger partial charge in [0.25, 0.3) is 0 Å². The van der Waals surface area contributed by atoms with Gasteiger partial charge in [0.15, 0.2) is 5.78 Å². The van der Waals surface area contributed by atoms with E-state index in [1.54, 1.807) is 0 Å². The minimum atomic E-state index is 0.320. The van der Waals surface area contributed by atoms with Gasteiger partial charge in [0, 0.05) is 12.0 Å². The molecule has 1 heteroatoms. The molecule has 0 aliphatic carbocycles. The van der Waals surface area contributed by atoms with Crippen molar-refractivity contribution in [3.8, 4) is 0 Å². The van der Waals surface area contributed by atoms with Crippen LogP contribution in [0, 0.1) is 27.7 Å². The predicted octanol–water partition coefficient (Wildman–Crippen LogP) is 4.68. The van der Waals surface area contributed by atoms with Crippen LogP contribution >= 0.6 is 0 Å². The zero-order valence-electron chi connectivity index (χ0n) is 11.8. The first kappa shape index (κ1) is 14.0. The first-order valence-electron chi connectivity index (χ1n) is 6.59. The number of rotatable bonds is 5. The molecule has 1 aromatic rings. The monoisotopic (exact) mass is 232 g/mol. The van der Waals surface area contributed by atoms with Gasteiger partial charge in [0.05, 0.1) is 0 Å². The number of unbranched alkanes of at least 4 members (excludes halogenated alkanes) is 2. The summed E-state index contributed by atoms with van der Waals surface area (Å²) in [7, 11) is 0. The normalized spacial score (nSPS) is 10.6. The van der Waals surface area contributed by atoms with E-state index >= 15 is 0 Å². The summed E-state index contributed by atoms with van der Waals surface area (Å²) in [6, 6.07) is 2.17. The van der Waals surface area contributed by atoms with E-state index in [1.165, 1.54) is 11.1 Å². The summed E-state index contributed by atoms with van der Waals surface area (Å²) in [5.41, 5.74) is 5.75. The molecule has 17 heavy (non-hydrogen) atoms. The van der Waals surface area contributed by atoms with Crippen LogP contribution < -0.4 is 0 Å². The summed E-state index contributed by atoms with van der Waals surface area (Å²) in [6.45, 7) is 10.5. The van der Waals surface area contributed by atoms with Crippen molar-refractivity contribution in [1.29, 1.82) is 0 Å². The second-order valence-corrected chi connectivity index (χ2v) is 5.02. The van der Waals surface area contributed by atoms with E-state index in [4.69, 9.17) is 0 Å². The van der Waals surface area contributed by atoms with Crippen LogP contribution in [0.2, 0.25) is 0 Å². The molecule has 0 fully saturated rings. The standard InChI is InChI=1S/C16H24O/c1-6-7-8-9-15(17)16-13(4)11(2)10-12(3)14(16)5/h10H,6-9H2,1-5H3. The Bertz CT molecular complexity index is 390. The smallest absolute Gasteiger partial charge is 0.163 e.